The predicted octanol–water partition coefficient (Wildman–Crippen LogP) is 1.35. The van der Waals surface area contributed by atoms with Gasteiger partial charge in [-0.1, -0.05) is 0 Å². The highest BCUT2D eigenvalue weighted by Crippen LogP contribution is 2.19. The number of ether oxygens (including phenoxy) is 1. The average molecular weight is 294 g/mol. The number of likely N-dealkylation sites (tertiary alicyclic amines) is 1. The Morgan fingerprint density at radius 1 is 1.38 bits per heavy atom. The van der Waals surface area contributed by atoms with Crippen LogP contribution in [0.3, 0.4) is 0 Å². The quantitative estimate of drug-likeness (QED) is 0.653. The molecule has 0 radical (unpaired) electrons. The van der Waals surface area contributed by atoms with Gasteiger partial charge in [-0.15, -0.1) is 0 Å². The van der Waals surface area contributed by atoms with Crippen LogP contribution in [-0.2, 0) is 4.79 Å². The molecule has 0 saturated carbocycles. The monoisotopic (exact) mass is 294 g/mol. The van der Waals surface area contributed by atoms with Crippen molar-refractivity contribution in [1.82, 2.24) is 4.90 Å². The van der Waals surface area contributed by atoms with Crippen molar-refractivity contribution in [2.45, 2.75) is 25.3 Å². The first-order valence-corrected chi connectivity index (χ1v) is 6.89. The molecule has 1 fully saturated rings. The molecule has 1 saturated heterocycles. The van der Waals surface area contributed by atoms with Crippen LogP contribution < -0.4 is 4.74 Å². The predicted molar refractivity (Wildman–Crippen MR) is 75.0 cm³/mol. The van der Waals surface area contributed by atoms with Crippen LogP contribution in [0, 0.1) is 10.1 Å². The average Bonchev–Trinajstić information content (AvgIpc) is 2.52. The second-order valence-corrected chi connectivity index (χ2v) is 4.96. The fraction of sp³-hybridized carbons (Fsp3) is 0.500. The number of benzene rings is 1. The second-order valence-electron chi connectivity index (χ2n) is 4.96. The summed E-state index contributed by atoms with van der Waals surface area (Å²) >= 11 is 0. The first-order chi connectivity index (χ1) is 10.1. The third kappa shape index (κ3) is 3.91. The summed E-state index contributed by atoms with van der Waals surface area (Å²) in [6.45, 7) is 0.464. The molecule has 21 heavy (non-hydrogen) atoms. The minimum atomic E-state index is -0.492. The van der Waals surface area contributed by atoms with Gasteiger partial charge in [0, 0.05) is 18.7 Å². The lowest BCUT2D eigenvalue weighted by Crippen LogP contribution is -2.47. The van der Waals surface area contributed by atoms with Crippen LogP contribution >= 0.6 is 0 Å². The number of hydrogen-bond acceptors (Lipinski definition) is 5. The number of hydrogen-bond donors (Lipinski definition) is 1. The van der Waals surface area contributed by atoms with E-state index in [0.29, 0.717) is 12.3 Å². The van der Waals surface area contributed by atoms with Gasteiger partial charge in [-0.05, 0) is 31.4 Å². The largest absolute Gasteiger partial charge is 0.484 e. The zero-order valence-electron chi connectivity index (χ0n) is 11.6. The maximum absolute atomic E-state index is 12.1. The van der Waals surface area contributed by atoms with Gasteiger partial charge in [0.25, 0.3) is 11.6 Å². The van der Waals surface area contributed by atoms with Crippen LogP contribution in [0.15, 0.2) is 24.3 Å². The van der Waals surface area contributed by atoms with Gasteiger partial charge in [0.15, 0.2) is 6.61 Å². The van der Waals surface area contributed by atoms with E-state index < -0.39 is 4.92 Å². The Labute approximate surface area is 122 Å². The van der Waals surface area contributed by atoms with Crippen molar-refractivity contribution in [2.24, 2.45) is 0 Å². The maximum Gasteiger partial charge on any atom is 0.269 e. The van der Waals surface area contributed by atoms with Crippen molar-refractivity contribution in [1.29, 1.82) is 0 Å². The molecule has 2 rings (SSSR count). The molecule has 7 nitrogen and oxygen atoms in total. The molecular formula is C14H18N2O5. The Bertz CT molecular complexity index is 503. The van der Waals surface area contributed by atoms with Gasteiger partial charge in [0.2, 0.25) is 0 Å². The Morgan fingerprint density at radius 3 is 2.71 bits per heavy atom. The van der Waals surface area contributed by atoms with Crippen molar-refractivity contribution >= 4 is 11.6 Å². The summed E-state index contributed by atoms with van der Waals surface area (Å²) in [5, 5.41) is 19.8. The van der Waals surface area contributed by atoms with Crippen LogP contribution in [0.25, 0.3) is 0 Å². The van der Waals surface area contributed by atoms with Crippen LogP contribution in [0.2, 0.25) is 0 Å². The molecule has 0 bridgehead atoms. The summed E-state index contributed by atoms with van der Waals surface area (Å²) in [4.78, 5) is 23.8. The molecule has 1 heterocycles. The molecule has 1 aromatic carbocycles. The molecule has 7 heteroatoms. The van der Waals surface area contributed by atoms with E-state index in [9.17, 15) is 20.0 Å². The maximum atomic E-state index is 12.1. The molecule has 114 valence electrons. The van der Waals surface area contributed by atoms with Gasteiger partial charge < -0.3 is 14.7 Å². The van der Waals surface area contributed by atoms with E-state index in [4.69, 9.17) is 4.74 Å². The van der Waals surface area contributed by atoms with Crippen LogP contribution in [-0.4, -0.2) is 46.6 Å². The Morgan fingerprint density at radius 2 is 2.10 bits per heavy atom. The van der Waals surface area contributed by atoms with Gasteiger partial charge in [-0.25, -0.2) is 0 Å². The van der Waals surface area contributed by atoms with E-state index in [1.807, 2.05) is 0 Å². The highest BCUT2D eigenvalue weighted by Gasteiger charge is 2.26. The van der Waals surface area contributed by atoms with Gasteiger partial charge in [0.1, 0.15) is 5.75 Å². The molecule has 1 aliphatic rings. The first-order valence-electron chi connectivity index (χ1n) is 6.89. The van der Waals surface area contributed by atoms with Crippen LogP contribution in [0.4, 0.5) is 5.69 Å². The number of amides is 1. The molecule has 0 aromatic heterocycles. The molecule has 1 N–H and O–H groups in total. The van der Waals surface area contributed by atoms with E-state index in [1.54, 1.807) is 4.90 Å². The van der Waals surface area contributed by atoms with Gasteiger partial charge in [-0.2, -0.15) is 0 Å². The number of nitrogens with zero attached hydrogens (tertiary/aromatic N) is 2. The fourth-order valence-electron chi connectivity index (χ4n) is 2.41. The highest BCUT2D eigenvalue weighted by atomic mass is 16.6. The number of carbonyl (C=O) groups is 1. The summed E-state index contributed by atoms with van der Waals surface area (Å²) in [6.07, 6.45) is 2.75. The molecule has 1 amide bonds. The van der Waals surface area contributed by atoms with Crippen LogP contribution in [0.5, 0.6) is 5.75 Å². The second kappa shape index (κ2) is 7.03. The SMILES string of the molecule is O=C(COc1ccc([N+](=O)[O-])cc1)N1CCCCC1CO. The molecule has 1 unspecified atom stereocenters. The number of nitro benzene ring substituents is 1. The molecule has 0 aliphatic carbocycles. The van der Waals surface area contributed by atoms with E-state index in [2.05, 4.69) is 0 Å². The van der Waals surface area contributed by atoms with Gasteiger partial charge in [-0.3, -0.25) is 14.9 Å². The molecule has 1 aliphatic heterocycles. The number of rotatable bonds is 5. The van der Waals surface area contributed by atoms with Gasteiger partial charge >= 0.3 is 0 Å². The number of nitro groups is 1. The van der Waals surface area contributed by atoms with Crippen molar-refractivity contribution in [3.63, 3.8) is 0 Å². The molecular weight excluding hydrogens is 276 g/mol. The number of aliphatic hydroxyl groups excluding tert-OH is 1. The summed E-state index contributed by atoms with van der Waals surface area (Å²) < 4.78 is 5.35. The Balaban J connectivity index is 1.89. The van der Waals surface area contributed by atoms with E-state index >= 15 is 0 Å². The van der Waals surface area contributed by atoms with Crippen molar-refractivity contribution in [3.8, 4) is 5.75 Å². The fourth-order valence-corrected chi connectivity index (χ4v) is 2.41. The normalized spacial score (nSPS) is 18.3. The summed E-state index contributed by atoms with van der Waals surface area (Å²) in [6, 6.07) is 5.46. The lowest BCUT2D eigenvalue weighted by molar-refractivity contribution is -0.384. The lowest BCUT2D eigenvalue weighted by atomic mass is 10.0. The molecule has 1 aromatic rings. The minimum Gasteiger partial charge on any atom is -0.484 e. The first kappa shape index (κ1) is 15.2. The Kier molecular flexibility index (Phi) is 5.10. The zero-order valence-corrected chi connectivity index (χ0v) is 11.6. The van der Waals surface area contributed by atoms with E-state index in [1.165, 1.54) is 24.3 Å². The lowest BCUT2D eigenvalue weighted by Gasteiger charge is -2.34. The number of carbonyl (C=O) groups excluding carboxylic acids is 1. The number of non-ortho nitro benzene ring substituents is 1. The third-order valence-corrected chi connectivity index (χ3v) is 3.57. The minimum absolute atomic E-state index is 0.0231. The van der Waals surface area contributed by atoms with E-state index in [-0.39, 0.29) is 30.9 Å². The van der Waals surface area contributed by atoms with Crippen molar-refractivity contribution < 1.29 is 19.6 Å². The third-order valence-electron chi connectivity index (χ3n) is 3.57. The summed E-state index contributed by atoms with van der Waals surface area (Å²) in [5.41, 5.74) is -0.0231. The zero-order chi connectivity index (χ0) is 15.2. The highest BCUT2D eigenvalue weighted by molar-refractivity contribution is 5.78. The molecule has 0 spiro atoms. The number of piperidine rings is 1. The smallest absolute Gasteiger partial charge is 0.269 e. The number of aliphatic hydroxyl groups is 1. The Hall–Kier alpha value is -2.15. The topological polar surface area (TPSA) is 92.9 Å². The van der Waals surface area contributed by atoms with Gasteiger partial charge in [0.05, 0.1) is 17.6 Å². The van der Waals surface area contributed by atoms with Crippen molar-refractivity contribution in [3.05, 3.63) is 34.4 Å². The molecule has 1 atom stereocenters. The summed E-state index contributed by atoms with van der Waals surface area (Å²) in [7, 11) is 0. The standard InChI is InChI=1S/C14H18N2O5/c17-9-12-3-1-2-8-15(12)14(18)10-21-13-6-4-11(5-7-13)16(19)20/h4-7,12,17H,1-3,8-10H2. The van der Waals surface area contributed by atoms with E-state index in [0.717, 1.165) is 19.3 Å². The summed E-state index contributed by atoms with van der Waals surface area (Å²) in [5.74, 6) is 0.235. The van der Waals surface area contributed by atoms with Crippen LogP contribution in [0.1, 0.15) is 19.3 Å². The van der Waals surface area contributed by atoms with Crippen molar-refractivity contribution in [2.75, 3.05) is 19.8 Å².